The molecule has 0 unspecified atom stereocenters. The maximum Gasteiger partial charge on any atom is 0.0702 e. The van der Waals surface area contributed by atoms with Gasteiger partial charge in [-0.05, 0) is 32.4 Å². The smallest absolute Gasteiger partial charge is 0.0702 e. The number of methoxy groups -OCH3 is 1. The lowest BCUT2D eigenvalue weighted by atomic mass is 9.88. The molecule has 1 fully saturated rings. The second-order valence-corrected chi connectivity index (χ2v) is 3.39. The van der Waals surface area contributed by atoms with Gasteiger partial charge in [0.1, 0.15) is 0 Å². The van der Waals surface area contributed by atoms with Crippen LogP contribution in [0, 0.1) is 0 Å². The number of rotatable bonds is 3. The van der Waals surface area contributed by atoms with Gasteiger partial charge in [0.15, 0.2) is 0 Å². The van der Waals surface area contributed by atoms with Crippen molar-refractivity contribution in [2.24, 2.45) is 0 Å². The SMILES string of the molecule is CCCC1(OC)CCNCC1. The van der Waals surface area contributed by atoms with Gasteiger partial charge < -0.3 is 10.1 Å². The molecule has 1 N–H and O–H groups in total. The molecule has 0 aliphatic carbocycles. The molecule has 1 rings (SSSR count). The predicted molar refractivity (Wildman–Crippen MR) is 46.8 cm³/mol. The molecule has 0 spiro atoms. The van der Waals surface area contributed by atoms with Crippen LogP contribution in [0.15, 0.2) is 0 Å². The van der Waals surface area contributed by atoms with Gasteiger partial charge in [-0.15, -0.1) is 0 Å². The molecule has 0 aromatic heterocycles. The molecule has 2 heteroatoms. The summed E-state index contributed by atoms with van der Waals surface area (Å²) >= 11 is 0. The lowest BCUT2D eigenvalue weighted by molar-refractivity contribution is -0.0407. The summed E-state index contributed by atoms with van der Waals surface area (Å²) in [7, 11) is 1.85. The molecule has 0 radical (unpaired) electrons. The van der Waals surface area contributed by atoms with Gasteiger partial charge in [0, 0.05) is 7.11 Å². The number of piperidine rings is 1. The van der Waals surface area contributed by atoms with Crippen molar-refractivity contribution in [2.45, 2.75) is 38.2 Å². The van der Waals surface area contributed by atoms with Gasteiger partial charge in [0.2, 0.25) is 0 Å². The van der Waals surface area contributed by atoms with E-state index >= 15 is 0 Å². The highest BCUT2D eigenvalue weighted by atomic mass is 16.5. The standard InChI is InChI=1S/C9H19NO/c1-3-4-9(11-2)5-7-10-8-6-9/h10H,3-8H2,1-2H3. The fourth-order valence-electron chi connectivity index (χ4n) is 1.89. The summed E-state index contributed by atoms with van der Waals surface area (Å²) in [5, 5.41) is 3.35. The Hall–Kier alpha value is -0.0800. The summed E-state index contributed by atoms with van der Waals surface area (Å²) in [6, 6.07) is 0. The molecule has 1 aliphatic heterocycles. The van der Waals surface area contributed by atoms with Crippen LogP contribution >= 0.6 is 0 Å². The first kappa shape index (κ1) is 9.01. The van der Waals surface area contributed by atoms with E-state index in [0.717, 1.165) is 13.1 Å². The number of ether oxygens (including phenoxy) is 1. The van der Waals surface area contributed by atoms with Gasteiger partial charge in [0.25, 0.3) is 0 Å². The molecular weight excluding hydrogens is 138 g/mol. The maximum absolute atomic E-state index is 5.58. The van der Waals surface area contributed by atoms with Crippen LogP contribution in [-0.4, -0.2) is 25.8 Å². The van der Waals surface area contributed by atoms with Crippen molar-refractivity contribution in [3.63, 3.8) is 0 Å². The highest BCUT2D eigenvalue weighted by Gasteiger charge is 2.30. The van der Waals surface area contributed by atoms with Gasteiger partial charge in [-0.25, -0.2) is 0 Å². The third-order valence-corrected chi connectivity index (χ3v) is 2.65. The van der Waals surface area contributed by atoms with E-state index in [4.69, 9.17) is 4.74 Å². The van der Waals surface area contributed by atoms with Gasteiger partial charge in [0.05, 0.1) is 5.60 Å². The molecule has 1 heterocycles. The van der Waals surface area contributed by atoms with E-state index < -0.39 is 0 Å². The molecule has 0 bridgehead atoms. The Bertz CT molecular complexity index is 103. The van der Waals surface area contributed by atoms with Crippen molar-refractivity contribution in [3.8, 4) is 0 Å². The van der Waals surface area contributed by atoms with Crippen LogP contribution in [-0.2, 0) is 4.74 Å². The summed E-state index contributed by atoms with van der Waals surface area (Å²) in [6.45, 7) is 4.46. The minimum atomic E-state index is 0.208. The van der Waals surface area contributed by atoms with E-state index in [2.05, 4.69) is 12.2 Å². The Morgan fingerprint density at radius 2 is 2.00 bits per heavy atom. The number of hydrogen-bond acceptors (Lipinski definition) is 2. The zero-order chi connectivity index (χ0) is 8.16. The molecule has 11 heavy (non-hydrogen) atoms. The van der Waals surface area contributed by atoms with Crippen LogP contribution in [0.2, 0.25) is 0 Å². The average Bonchev–Trinajstić information content (AvgIpc) is 2.07. The number of hydrogen-bond donors (Lipinski definition) is 1. The highest BCUT2D eigenvalue weighted by Crippen LogP contribution is 2.27. The van der Waals surface area contributed by atoms with E-state index in [-0.39, 0.29) is 5.60 Å². The number of nitrogens with one attached hydrogen (secondary N) is 1. The van der Waals surface area contributed by atoms with Gasteiger partial charge in [-0.2, -0.15) is 0 Å². The zero-order valence-corrected chi connectivity index (χ0v) is 7.65. The van der Waals surface area contributed by atoms with Crippen LogP contribution in [0.25, 0.3) is 0 Å². The highest BCUT2D eigenvalue weighted by molar-refractivity contribution is 4.85. The predicted octanol–water partition coefficient (Wildman–Crippen LogP) is 1.56. The fraction of sp³-hybridized carbons (Fsp3) is 1.00. The van der Waals surface area contributed by atoms with E-state index in [9.17, 15) is 0 Å². The van der Waals surface area contributed by atoms with Crippen LogP contribution in [0.1, 0.15) is 32.6 Å². The molecule has 0 amide bonds. The fourth-order valence-corrected chi connectivity index (χ4v) is 1.89. The monoisotopic (exact) mass is 157 g/mol. The first-order valence-corrected chi connectivity index (χ1v) is 4.59. The molecule has 1 saturated heterocycles. The van der Waals surface area contributed by atoms with Crippen molar-refractivity contribution < 1.29 is 4.74 Å². The van der Waals surface area contributed by atoms with Gasteiger partial charge >= 0.3 is 0 Å². The summed E-state index contributed by atoms with van der Waals surface area (Å²) in [5.41, 5.74) is 0.208. The third-order valence-electron chi connectivity index (χ3n) is 2.65. The quantitative estimate of drug-likeness (QED) is 0.671. The molecule has 0 aromatic carbocycles. The van der Waals surface area contributed by atoms with E-state index in [1.165, 1.54) is 25.7 Å². The van der Waals surface area contributed by atoms with Crippen molar-refractivity contribution in [1.82, 2.24) is 5.32 Å². The molecule has 1 aliphatic rings. The van der Waals surface area contributed by atoms with E-state index in [1.807, 2.05) is 7.11 Å². The molecule has 0 atom stereocenters. The van der Waals surface area contributed by atoms with E-state index in [0.29, 0.717) is 0 Å². The van der Waals surface area contributed by atoms with Gasteiger partial charge in [-0.3, -0.25) is 0 Å². The molecule has 0 aromatic rings. The Morgan fingerprint density at radius 1 is 1.36 bits per heavy atom. The van der Waals surface area contributed by atoms with Gasteiger partial charge in [-0.1, -0.05) is 13.3 Å². The minimum Gasteiger partial charge on any atom is -0.378 e. The average molecular weight is 157 g/mol. The summed E-state index contributed by atoms with van der Waals surface area (Å²) < 4.78 is 5.58. The first-order valence-electron chi connectivity index (χ1n) is 4.59. The molecular formula is C9H19NO. The van der Waals surface area contributed by atoms with Crippen LogP contribution in [0.3, 0.4) is 0 Å². The van der Waals surface area contributed by atoms with Crippen LogP contribution in [0.4, 0.5) is 0 Å². The topological polar surface area (TPSA) is 21.3 Å². The molecule has 0 saturated carbocycles. The van der Waals surface area contributed by atoms with E-state index in [1.54, 1.807) is 0 Å². The van der Waals surface area contributed by atoms with Crippen LogP contribution < -0.4 is 5.32 Å². The lowest BCUT2D eigenvalue weighted by Gasteiger charge is -2.36. The second-order valence-electron chi connectivity index (χ2n) is 3.39. The Morgan fingerprint density at radius 3 is 2.45 bits per heavy atom. The minimum absolute atomic E-state index is 0.208. The zero-order valence-electron chi connectivity index (χ0n) is 7.65. The molecule has 2 nitrogen and oxygen atoms in total. The summed E-state index contributed by atoms with van der Waals surface area (Å²) in [6.07, 6.45) is 4.80. The van der Waals surface area contributed by atoms with Crippen molar-refractivity contribution in [2.75, 3.05) is 20.2 Å². The largest absolute Gasteiger partial charge is 0.378 e. The van der Waals surface area contributed by atoms with Crippen molar-refractivity contribution >= 4 is 0 Å². The Kier molecular flexibility index (Phi) is 3.34. The third kappa shape index (κ3) is 2.17. The maximum atomic E-state index is 5.58. The second kappa shape index (κ2) is 4.07. The summed E-state index contributed by atoms with van der Waals surface area (Å²) in [4.78, 5) is 0. The normalized spacial score (nSPS) is 23.5. The van der Waals surface area contributed by atoms with Crippen LogP contribution in [0.5, 0.6) is 0 Å². The Balaban J connectivity index is 2.42. The lowest BCUT2D eigenvalue weighted by Crippen LogP contribution is -2.43. The first-order chi connectivity index (χ1) is 5.33. The molecule has 66 valence electrons. The van der Waals surface area contributed by atoms with Crippen molar-refractivity contribution in [1.29, 1.82) is 0 Å². The Labute approximate surface area is 69.3 Å². The van der Waals surface area contributed by atoms with Crippen molar-refractivity contribution in [3.05, 3.63) is 0 Å². The summed E-state index contributed by atoms with van der Waals surface area (Å²) in [5.74, 6) is 0.